The lowest BCUT2D eigenvalue weighted by Gasteiger charge is -2.14. The van der Waals surface area contributed by atoms with Crippen LogP contribution in [0.4, 0.5) is 0 Å². The highest BCUT2D eigenvalue weighted by atomic mass is 35.6. The fourth-order valence-corrected chi connectivity index (χ4v) is 5.99. The summed E-state index contributed by atoms with van der Waals surface area (Å²) in [6, 6.07) is 15.6. The van der Waals surface area contributed by atoms with E-state index in [0.717, 1.165) is 32.4 Å². The zero-order valence-corrected chi connectivity index (χ0v) is 22.3. The lowest BCUT2D eigenvalue weighted by atomic mass is 10.1. The summed E-state index contributed by atoms with van der Waals surface area (Å²) in [7, 11) is 0. The van der Waals surface area contributed by atoms with Crippen LogP contribution >= 0.6 is 92.7 Å². The summed E-state index contributed by atoms with van der Waals surface area (Å²) >= 11 is 37.6. The topological polar surface area (TPSA) is 51.6 Å². The smallest absolute Gasteiger partial charge is 0.226 e. The van der Waals surface area contributed by atoms with E-state index in [0.29, 0.717) is 10.8 Å². The van der Waals surface area contributed by atoms with Gasteiger partial charge in [0.25, 0.3) is 0 Å². The van der Waals surface area contributed by atoms with Crippen LogP contribution in [-0.2, 0) is 0 Å². The molecule has 33 heavy (non-hydrogen) atoms. The van der Waals surface area contributed by atoms with Crippen molar-refractivity contribution in [2.45, 2.75) is 8.02 Å². The van der Waals surface area contributed by atoms with Crippen molar-refractivity contribution in [1.29, 1.82) is 0 Å². The van der Waals surface area contributed by atoms with Crippen molar-refractivity contribution in [3.63, 3.8) is 0 Å². The summed E-state index contributed by atoms with van der Waals surface area (Å²) in [6.07, 6.45) is 3.32. The van der Waals surface area contributed by atoms with Crippen molar-refractivity contribution in [2.24, 2.45) is 0 Å². The van der Waals surface area contributed by atoms with Crippen LogP contribution < -0.4 is 0 Å². The molecule has 0 atom stereocenters. The fourth-order valence-electron chi connectivity index (χ4n) is 2.92. The number of thioether (sulfide) groups is 1. The SMILES string of the molecule is Clc1ncc(-c2ccccc2SC(Cl)(Cl)Cl)c(Cl)n1.Clc1ncc2c(n1)sc1ccccc12. The zero-order valence-electron chi connectivity index (χ0n) is 16.1. The third kappa shape index (κ3) is 6.32. The highest BCUT2D eigenvalue weighted by Crippen LogP contribution is 2.47. The molecule has 0 radical (unpaired) electrons. The monoisotopic (exact) mass is 592 g/mol. The molecule has 5 aromatic rings. The van der Waals surface area contributed by atoms with E-state index in [1.807, 2.05) is 36.4 Å². The third-order valence-corrected chi connectivity index (χ3v) is 7.46. The molecule has 4 nitrogen and oxygen atoms in total. The van der Waals surface area contributed by atoms with Gasteiger partial charge in [-0.05, 0) is 35.3 Å². The van der Waals surface area contributed by atoms with Crippen molar-refractivity contribution in [3.05, 3.63) is 76.6 Å². The first-order valence-corrected chi connectivity index (χ1v) is 12.9. The van der Waals surface area contributed by atoms with E-state index in [2.05, 4.69) is 32.1 Å². The first-order valence-electron chi connectivity index (χ1n) is 9.04. The molecule has 2 aromatic carbocycles. The summed E-state index contributed by atoms with van der Waals surface area (Å²) in [5, 5.41) is 2.92. The highest BCUT2D eigenvalue weighted by molar-refractivity contribution is 8.04. The van der Waals surface area contributed by atoms with E-state index in [-0.39, 0.29) is 10.4 Å². The molecule has 0 saturated carbocycles. The molecule has 3 aromatic heterocycles. The van der Waals surface area contributed by atoms with Gasteiger partial charge in [-0.15, -0.1) is 11.3 Å². The Bertz CT molecular complexity index is 1440. The number of hydrogen-bond acceptors (Lipinski definition) is 6. The van der Waals surface area contributed by atoms with Crippen LogP contribution in [0.1, 0.15) is 0 Å². The van der Waals surface area contributed by atoms with Gasteiger partial charge in [-0.25, -0.2) is 19.9 Å². The van der Waals surface area contributed by atoms with Crippen molar-refractivity contribution < 1.29 is 0 Å². The third-order valence-electron chi connectivity index (χ3n) is 4.22. The van der Waals surface area contributed by atoms with Crippen molar-refractivity contribution >= 4 is 113 Å². The van der Waals surface area contributed by atoms with Gasteiger partial charge >= 0.3 is 0 Å². The molecule has 5 rings (SSSR count). The second-order valence-corrected chi connectivity index (χ2v) is 12.6. The van der Waals surface area contributed by atoms with Crippen molar-refractivity contribution in [1.82, 2.24) is 19.9 Å². The average Bonchev–Trinajstić information content (AvgIpc) is 3.11. The van der Waals surface area contributed by atoms with Gasteiger partial charge in [0.05, 0.1) is 0 Å². The molecule has 0 amide bonds. The lowest BCUT2D eigenvalue weighted by molar-refractivity contribution is 1.17. The van der Waals surface area contributed by atoms with Gasteiger partial charge in [-0.3, -0.25) is 0 Å². The maximum Gasteiger partial charge on any atom is 0.241 e. The summed E-state index contributed by atoms with van der Waals surface area (Å²) in [4.78, 5) is 17.7. The van der Waals surface area contributed by atoms with E-state index in [9.17, 15) is 0 Å². The van der Waals surface area contributed by atoms with Gasteiger partial charge in [0.1, 0.15) is 9.98 Å². The Morgan fingerprint density at radius 2 is 1.39 bits per heavy atom. The number of nitrogens with zero attached hydrogens (tertiary/aromatic N) is 4. The normalized spacial score (nSPS) is 11.5. The molecule has 0 N–H and O–H groups in total. The maximum absolute atomic E-state index is 6.06. The maximum atomic E-state index is 6.06. The van der Waals surface area contributed by atoms with Crippen LogP contribution in [0.15, 0.2) is 65.8 Å². The summed E-state index contributed by atoms with van der Waals surface area (Å²) in [5.41, 5.74) is 1.41. The molecule has 0 aliphatic heterocycles. The molecule has 0 bridgehead atoms. The van der Waals surface area contributed by atoms with E-state index >= 15 is 0 Å². The van der Waals surface area contributed by atoms with E-state index in [1.54, 1.807) is 17.5 Å². The van der Waals surface area contributed by atoms with Gasteiger partial charge in [0.15, 0.2) is 0 Å². The molecule has 0 fully saturated rings. The van der Waals surface area contributed by atoms with E-state index in [1.165, 1.54) is 16.3 Å². The van der Waals surface area contributed by atoms with Crippen LogP contribution in [-0.4, -0.2) is 23.1 Å². The predicted molar refractivity (Wildman–Crippen MR) is 144 cm³/mol. The fraction of sp³-hybridized carbons (Fsp3) is 0.0476. The van der Waals surface area contributed by atoms with Crippen molar-refractivity contribution in [3.8, 4) is 11.1 Å². The van der Waals surface area contributed by atoms with Crippen molar-refractivity contribution in [2.75, 3.05) is 0 Å². The second-order valence-electron chi connectivity index (χ2n) is 6.34. The van der Waals surface area contributed by atoms with Gasteiger partial charge in [-0.2, -0.15) is 0 Å². The number of halogens is 6. The minimum atomic E-state index is -1.46. The number of hydrogen-bond donors (Lipinski definition) is 0. The Kier molecular flexibility index (Phi) is 8.09. The standard InChI is InChI=1S/C11H5Cl5N2S.C10H5ClN2S/c12-9-7(5-17-10(13)18-9)6-3-1-2-4-8(6)19-11(14,15)16;11-10-12-5-7-6-3-1-2-4-8(6)14-9(7)13-10/h1-5H;1-5H. The predicted octanol–water partition coefficient (Wildman–Crippen LogP) is 9.37. The van der Waals surface area contributed by atoms with Crippen LogP contribution in [0.25, 0.3) is 31.4 Å². The molecular weight excluding hydrogens is 585 g/mol. The number of aromatic nitrogens is 4. The van der Waals surface area contributed by atoms with Gasteiger partial charge in [0, 0.05) is 43.9 Å². The zero-order chi connectivity index (χ0) is 23.6. The number of rotatable bonds is 2. The Balaban J connectivity index is 0.000000163. The van der Waals surface area contributed by atoms with Crippen LogP contribution in [0, 0.1) is 0 Å². The molecule has 3 heterocycles. The van der Waals surface area contributed by atoms with Gasteiger partial charge in [0.2, 0.25) is 13.7 Å². The molecule has 12 heteroatoms. The quantitative estimate of drug-likeness (QED) is 0.0882. The molecule has 0 aliphatic carbocycles. The lowest BCUT2D eigenvalue weighted by Crippen LogP contribution is -1.96. The Hall–Kier alpha value is -1.09. The molecule has 0 spiro atoms. The molecule has 168 valence electrons. The molecule has 0 unspecified atom stereocenters. The van der Waals surface area contributed by atoms with E-state index in [4.69, 9.17) is 69.6 Å². The Morgan fingerprint density at radius 3 is 2.15 bits per heavy atom. The average molecular weight is 595 g/mol. The van der Waals surface area contributed by atoms with Crippen LogP contribution in [0.3, 0.4) is 0 Å². The first-order chi connectivity index (χ1) is 15.7. The number of benzene rings is 2. The van der Waals surface area contributed by atoms with Crippen LogP contribution in [0.2, 0.25) is 15.7 Å². The van der Waals surface area contributed by atoms with E-state index < -0.39 is 3.12 Å². The molecule has 0 saturated heterocycles. The molecular formula is C21H10Cl6N4S2. The number of thiophene rings is 1. The summed E-state index contributed by atoms with van der Waals surface area (Å²) < 4.78 is -0.241. The summed E-state index contributed by atoms with van der Waals surface area (Å²) in [5.74, 6) is 0. The molecule has 0 aliphatic rings. The number of alkyl halides is 3. The van der Waals surface area contributed by atoms with Gasteiger partial charge in [-0.1, -0.05) is 94.6 Å². The summed E-state index contributed by atoms with van der Waals surface area (Å²) in [6.45, 7) is 0. The van der Waals surface area contributed by atoms with Gasteiger partial charge < -0.3 is 0 Å². The second kappa shape index (κ2) is 10.7. The number of fused-ring (bicyclic) bond motifs is 3. The Morgan fingerprint density at radius 1 is 0.727 bits per heavy atom. The minimum absolute atomic E-state index is 0.0836. The highest BCUT2D eigenvalue weighted by Gasteiger charge is 2.23. The van der Waals surface area contributed by atoms with Crippen LogP contribution in [0.5, 0.6) is 0 Å². The first kappa shape index (κ1) is 25.0. The Labute approximate surface area is 227 Å². The minimum Gasteiger partial charge on any atom is -0.226 e. The largest absolute Gasteiger partial charge is 0.241 e.